The Bertz CT molecular complexity index is 2070. The molecule has 248 valence electrons. The quantitative estimate of drug-likeness (QED) is 0.0783. The number of benzene rings is 4. The van der Waals surface area contributed by atoms with Crippen molar-refractivity contribution in [1.82, 2.24) is 0 Å². The number of carbonyl (C=O) groups is 1. The number of nitrogens with zero attached hydrogens (tertiary/aromatic N) is 3. The van der Waals surface area contributed by atoms with Crippen molar-refractivity contribution < 1.29 is 33.8 Å². The fourth-order valence-corrected chi connectivity index (χ4v) is 7.91. The molecule has 2 aliphatic carbocycles. The van der Waals surface area contributed by atoms with Crippen LogP contribution in [0, 0.1) is 20.2 Å². The smallest absolute Gasteiger partial charge is 0.385 e. The summed E-state index contributed by atoms with van der Waals surface area (Å²) in [4.78, 5) is 38.0. The molecule has 1 heterocycles. The zero-order valence-electron chi connectivity index (χ0n) is 27.3. The number of rotatable bonds is 8. The van der Waals surface area contributed by atoms with Gasteiger partial charge in [0, 0.05) is 24.1 Å². The number of esters is 1. The molecule has 0 N–H and O–H groups in total. The number of hydrogen-bond donors (Lipinski definition) is 0. The molecule has 0 saturated heterocycles. The van der Waals surface area contributed by atoms with Crippen molar-refractivity contribution in [3.63, 3.8) is 0 Å². The summed E-state index contributed by atoms with van der Waals surface area (Å²) in [7, 11) is 0. The first-order valence-corrected chi connectivity index (χ1v) is 16.1. The van der Waals surface area contributed by atoms with Gasteiger partial charge in [0.15, 0.2) is 0 Å². The average Bonchev–Trinajstić information content (AvgIpc) is 3.63. The molecule has 3 aliphatic rings. The molecular formula is C38H33N3O8. The van der Waals surface area contributed by atoms with Crippen molar-refractivity contribution in [1.29, 1.82) is 0 Å². The Hall–Kier alpha value is -5.84. The molecule has 11 nitrogen and oxygen atoms in total. The first kappa shape index (κ1) is 31.7. The summed E-state index contributed by atoms with van der Waals surface area (Å²) in [5.41, 5.74) is 1.12. The number of nitro benzene ring substituents is 2. The van der Waals surface area contributed by atoms with Gasteiger partial charge in [0.1, 0.15) is 12.0 Å². The molecule has 4 aromatic carbocycles. The summed E-state index contributed by atoms with van der Waals surface area (Å²) < 4.78 is 13.8. The highest BCUT2D eigenvalue weighted by atomic mass is 16.6. The van der Waals surface area contributed by atoms with Gasteiger partial charge < -0.3 is 14.6 Å². The zero-order valence-corrected chi connectivity index (χ0v) is 27.3. The number of non-ortho nitro benzene ring substituents is 2. The van der Waals surface area contributed by atoms with Gasteiger partial charge in [-0.05, 0) is 53.8 Å². The molecule has 1 unspecified atom stereocenters. The lowest BCUT2D eigenvalue weighted by Gasteiger charge is -2.27. The average molecular weight is 660 g/mol. The van der Waals surface area contributed by atoms with E-state index in [1.54, 1.807) is 38.3 Å². The molecule has 1 spiro atoms. The van der Waals surface area contributed by atoms with E-state index in [0.29, 0.717) is 17.7 Å². The monoisotopic (exact) mass is 659 g/mol. The van der Waals surface area contributed by atoms with Gasteiger partial charge in [-0.15, -0.1) is 0 Å². The second-order valence-electron chi connectivity index (χ2n) is 13.0. The lowest BCUT2D eigenvalue weighted by atomic mass is 9.85. The minimum Gasteiger partial charge on any atom is -0.610 e. The Kier molecular flexibility index (Phi) is 7.38. The van der Waals surface area contributed by atoms with Crippen LogP contribution in [0.15, 0.2) is 103 Å². The maximum Gasteiger partial charge on any atom is 0.385 e. The first-order valence-electron chi connectivity index (χ1n) is 16.1. The maximum atomic E-state index is 15.1. The van der Waals surface area contributed by atoms with Crippen LogP contribution >= 0.6 is 0 Å². The third kappa shape index (κ3) is 4.48. The second-order valence-corrected chi connectivity index (χ2v) is 13.0. The van der Waals surface area contributed by atoms with Gasteiger partial charge >= 0.3 is 11.5 Å². The minimum atomic E-state index is -1.83. The fourth-order valence-electron chi connectivity index (χ4n) is 7.91. The van der Waals surface area contributed by atoms with Crippen molar-refractivity contribution in [3.8, 4) is 11.1 Å². The van der Waals surface area contributed by atoms with E-state index in [1.807, 2.05) is 66.7 Å². The molecular weight excluding hydrogens is 626 g/mol. The van der Waals surface area contributed by atoms with E-state index in [4.69, 9.17) is 9.47 Å². The molecule has 4 aromatic rings. The van der Waals surface area contributed by atoms with Crippen molar-refractivity contribution in [2.45, 2.75) is 57.3 Å². The van der Waals surface area contributed by atoms with Crippen molar-refractivity contribution in [2.24, 2.45) is 0 Å². The molecule has 0 bridgehead atoms. The predicted molar refractivity (Wildman–Crippen MR) is 178 cm³/mol. The highest BCUT2D eigenvalue weighted by Crippen LogP contribution is 2.74. The van der Waals surface area contributed by atoms with E-state index >= 15 is 4.79 Å². The summed E-state index contributed by atoms with van der Waals surface area (Å²) in [6.07, 6.45) is -0.650. The van der Waals surface area contributed by atoms with Crippen molar-refractivity contribution in [3.05, 3.63) is 151 Å². The normalized spacial score (nSPS) is 19.3. The Labute approximate surface area is 282 Å². The van der Waals surface area contributed by atoms with Crippen molar-refractivity contribution in [2.75, 3.05) is 6.54 Å². The Morgan fingerprint density at radius 3 is 1.80 bits per heavy atom. The van der Waals surface area contributed by atoms with Crippen molar-refractivity contribution >= 4 is 23.1 Å². The van der Waals surface area contributed by atoms with Gasteiger partial charge in [0.2, 0.25) is 5.71 Å². The Morgan fingerprint density at radius 1 is 0.755 bits per heavy atom. The number of ether oxygens (including phenoxy) is 2. The summed E-state index contributed by atoms with van der Waals surface area (Å²) in [6, 6.07) is 26.1. The predicted octanol–water partition coefficient (Wildman–Crippen LogP) is 5.58. The van der Waals surface area contributed by atoms with Crippen LogP contribution in [0.5, 0.6) is 0 Å². The maximum absolute atomic E-state index is 15.1. The van der Waals surface area contributed by atoms with Crippen LogP contribution in [-0.4, -0.2) is 50.4 Å². The summed E-state index contributed by atoms with van der Waals surface area (Å²) in [5.74, 6) is -1.37. The SMILES string of the molecule is CC(C)OC(=O)C1([N+]2=C(c3cc([N+](=O)[O-])cc([N+](=O)[O-])c3)c3ccccc3CC2)/C(=C(/[O-])OC(C)C)C12c1ccccc1-c1ccccc12. The van der Waals surface area contributed by atoms with Gasteiger partial charge in [-0.3, -0.25) is 20.2 Å². The summed E-state index contributed by atoms with van der Waals surface area (Å²) >= 11 is 0. The molecule has 0 aromatic heterocycles. The highest BCUT2D eigenvalue weighted by Gasteiger charge is 2.90. The van der Waals surface area contributed by atoms with Gasteiger partial charge in [-0.25, -0.2) is 9.37 Å². The van der Waals surface area contributed by atoms with Crippen LogP contribution in [0.3, 0.4) is 0 Å². The lowest BCUT2D eigenvalue weighted by Crippen LogP contribution is -2.50. The lowest BCUT2D eigenvalue weighted by molar-refractivity contribution is -0.569. The number of nitro groups is 2. The molecule has 11 heteroatoms. The molecule has 0 radical (unpaired) electrons. The zero-order chi connectivity index (χ0) is 34.8. The highest BCUT2D eigenvalue weighted by molar-refractivity contribution is 6.14. The topological polar surface area (TPSA) is 148 Å². The first-order chi connectivity index (χ1) is 23.4. The van der Waals surface area contributed by atoms with E-state index in [1.165, 1.54) is 12.1 Å². The third-order valence-electron chi connectivity index (χ3n) is 9.50. The summed E-state index contributed by atoms with van der Waals surface area (Å²) in [6.45, 7) is 7.09. The molecule has 49 heavy (non-hydrogen) atoms. The number of hydrogen-bond acceptors (Lipinski definition) is 8. The minimum absolute atomic E-state index is 0.156. The molecule has 7 rings (SSSR count). The van der Waals surface area contributed by atoms with E-state index in [0.717, 1.165) is 33.9 Å². The van der Waals surface area contributed by atoms with Crippen LogP contribution in [0.1, 0.15) is 55.5 Å². The Morgan fingerprint density at radius 2 is 1.27 bits per heavy atom. The van der Waals surface area contributed by atoms with E-state index < -0.39 is 56.3 Å². The van der Waals surface area contributed by atoms with Crippen LogP contribution in [0.2, 0.25) is 0 Å². The van der Waals surface area contributed by atoms with E-state index in [2.05, 4.69) is 0 Å². The second kappa shape index (κ2) is 11.4. The number of fused-ring (bicyclic) bond motifs is 6. The third-order valence-corrected chi connectivity index (χ3v) is 9.50. The molecule has 1 fully saturated rings. The number of carbonyl (C=O) groups excluding carboxylic acids is 1. The molecule has 1 aliphatic heterocycles. The van der Waals surface area contributed by atoms with E-state index in [-0.39, 0.29) is 17.7 Å². The molecule has 1 atom stereocenters. The standard InChI is InChI=1S/C38H33N3O8/c1-22(2)48-35(42)34-37(31-15-9-7-13-29(31)30-14-8-10-16-32(30)37)38(34,36(43)49-23(3)4)39-18-17-24-11-5-6-12-28(24)33(39)25-19-26(40(44)45)21-27(20-25)41(46)47/h5-16,19-23H,17-18H2,1-4H3/b35-34-. The van der Waals surface area contributed by atoms with Crippen LogP contribution in [0.25, 0.3) is 11.1 Å². The Balaban J connectivity index is 1.69. The van der Waals surface area contributed by atoms with Gasteiger partial charge in [0.05, 0.1) is 39.1 Å². The fraction of sp³-hybridized carbons (Fsp3) is 0.263. The van der Waals surface area contributed by atoms with Gasteiger partial charge in [-0.2, -0.15) is 0 Å². The summed E-state index contributed by atoms with van der Waals surface area (Å²) in [5, 5.41) is 38.8. The molecule has 1 saturated carbocycles. The molecule has 0 amide bonds. The largest absolute Gasteiger partial charge is 0.610 e. The van der Waals surface area contributed by atoms with Crippen LogP contribution in [0.4, 0.5) is 11.4 Å². The van der Waals surface area contributed by atoms with E-state index in [9.17, 15) is 25.3 Å². The van der Waals surface area contributed by atoms with Gasteiger partial charge in [-0.1, -0.05) is 80.6 Å². The van der Waals surface area contributed by atoms with Crippen LogP contribution in [-0.2, 0) is 26.1 Å². The van der Waals surface area contributed by atoms with Crippen LogP contribution < -0.4 is 5.11 Å². The van der Waals surface area contributed by atoms with Gasteiger partial charge in [0.25, 0.3) is 11.4 Å².